The van der Waals surface area contributed by atoms with Crippen LogP contribution in [-0.2, 0) is 4.79 Å². The third-order valence-electron chi connectivity index (χ3n) is 1.31. The summed E-state index contributed by atoms with van der Waals surface area (Å²) in [7, 11) is 0. The van der Waals surface area contributed by atoms with E-state index in [0.717, 1.165) is 0 Å². The molecule has 2 N–H and O–H groups in total. The lowest BCUT2D eigenvalue weighted by Gasteiger charge is -2.06. The van der Waals surface area contributed by atoms with Crippen molar-refractivity contribution in [2.24, 2.45) is 5.92 Å². The van der Waals surface area contributed by atoms with Crippen molar-refractivity contribution in [2.45, 2.75) is 13.8 Å². The molecule has 0 aliphatic carbocycles. The van der Waals surface area contributed by atoms with Crippen LogP contribution in [0, 0.1) is 10.7 Å². The van der Waals surface area contributed by atoms with Gasteiger partial charge in [0.2, 0.25) is 10.7 Å². The smallest absolute Gasteiger partial charge is 0.241 e. The van der Waals surface area contributed by atoms with Gasteiger partial charge in [0.15, 0.2) is 0 Å². The van der Waals surface area contributed by atoms with E-state index in [1.165, 1.54) is 11.0 Å². The molecule has 0 radical (unpaired) electrons. The quantitative estimate of drug-likeness (QED) is 0.667. The first-order valence-electron chi connectivity index (χ1n) is 3.54. The van der Waals surface area contributed by atoms with E-state index < -0.39 is 0 Å². The van der Waals surface area contributed by atoms with E-state index >= 15 is 0 Å². The van der Waals surface area contributed by atoms with E-state index in [1.54, 1.807) is 13.8 Å². The lowest BCUT2D eigenvalue weighted by molar-refractivity contribution is -0.119. The first kappa shape index (κ1) is 8.92. The maximum atomic E-state index is 11.1. The molecule has 1 aromatic heterocycles. The monoisotopic (exact) mass is 186 g/mol. The lowest BCUT2D eigenvalue weighted by atomic mass is 10.2. The van der Waals surface area contributed by atoms with Crippen LogP contribution in [-0.4, -0.2) is 20.8 Å². The van der Waals surface area contributed by atoms with Crippen LogP contribution in [0.25, 0.3) is 0 Å². The zero-order valence-corrected chi connectivity index (χ0v) is 7.68. The fourth-order valence-corrected chi connectivity index (χ4v) is 0.721. The summed E-state index contributed by atoms with van der Waals surface area (Å²) in [5.74, 6) is -0.158. The molecule has 12 heavy (non-hydrogen) atoms. The normalized spacial score (nSPS) is 10.2. The highest BCUT2D eigenvalue weighted by molar-refractivity contribution is 7.71. The molecule has 1 aromatic rings. The van der Waals surface area contributed by atoms with Crippen molar-refractivity contribution in [3.63, 3.8) is 0 Å². The highest BCUT2D eigenvalue weighted by Gasteiger charge is 2.06. The van der Waals surface area contributed by atoms with Gasteiger partial charge < -0.3 is 0 Å². The standard InChI is InChI=1S/C6H10N4OS/c1-4(2)5(11)9-10-3-7-8-6(10)12/h3-4H,1-2H3,(H,8,12)(H,9,11). The summed E-state index contributed by atoms with van der Waals surface area (Å²) in [6.45, 7) is 3.61. The number of H-pyrrole nitrogens is 1. The Bertz CT molecular complexity index is 326. The number of aromatic nitrogens is 3. The van der Waals surface area contributed by atoms with Crippen molar-refractivity contribution in [3.8, 4) is 0 Å². The van der Waals surface area contributed by atoms with Gasteiger partial charge in [-0.1, -0.05) is 13.8 Å². The molecule has 0 aliphatic rings. The van der Waals surface area contributed by atoms with Gasteiger partial charge in [-0.3, -0.25) is 15.3 Å². The summed E-state index contributed by atoms with van der Waals surface area (Å²) >= 11 is 4.82. The first-order valence-corrected chi connectivity index (χ1v) is 3.95. The van der Waals surface area contributed by atoms with Crippen molar-refractivity contribution < 1.29 is 4.79 Å². The van der Waals surface area contributed by atoms with Gasteiger partial charge in [-0.2, -0.15) is 5.10 Å². The Balaban J connectivity index is 2.71. The van der Waals surface area contributed by atoms with E-state index in [2.05, 4.69) is 15.6 Å². The minimum absolute atomic E-state index is 0.0678. The van der Waals surface area contributed by atoms with E-state index in [1.807, 2.05) is 0 Å². The van der Waals surface area contributed by atoms with E-state index in [0.29, 0.717) is 4.77 Å². The number of nitrogens with zero attached hydrogens (tertiary/aromatic N) is 2. The van der Waals surface area contributed by atoms with Crippen molar-refractivity contribution in [3.05, 3.63) is 11.1 Å². The van der Waals surface area contributed by atoms with E-state index in [-0.39, 0.29) is 11.8 Å². The maximum absolute atomic E-state index is 11.1. The second-order valence-corrected chi connectivity index (χ2v) is 3.05. The third-order valence-corrected chi connectivity index (χ3v) is 1.60. The number of hydrogen-bond donors (Lipinski definition) is 2. The predicted octanol–water partition coefficient (Wildman–Crippen LogP) is 0.667. The van der Waals surface area contributed by atoms with E-state index in [4.69, 9.17) is 12.2 Å². The summed E-state index contributed by atoms with van der Waals surface area (Å²) in [6, 6.07) is 0. The van der Waals surface area contributed by atoms with Crippen LogP contribution in [0.2, 0.25) is 0 Å². The first-order chi connectivity index (χ1) is 5.61. The Morgan fingerprint density at radius 3 is 2.92 bits per heavy atom. The molecule has 0 fully saturated rings. The number of amides is 1. The van der Waals surface area contributed by atoms with Crippen molar-refractivity contribution >= 4 is 18.1 Å². The van der Waals surface area contributed by atoms with Gasteiger partial charge in [0.25, 0.3) is 0 Å². The molecule has 0 aromatic carbocycles. The van der Waals surface area contributed by atoms with Crippen LogP contribution in [0.15, 0.2) is 6.33 Å². The van der Waals surface area contributed by atoms with Gasteiger partial charge in [-0.05, 0) is 12.2 Å². The summed E-state index contributed by atoms with van der Waals surface area (Å²) in [4.78, 5) is 11.1. The molecular formula is C6H10N4OS. The molecule has 0 spiro atoms. The number of carbonyl (C=O) groups is 1. The topological polar surface area (TPSA) is 62.7 Å². The van der Waals surface area contributed by atoms with E-state index in [9.17, 15) is 4.79 Å². The summed E-state index contributed by atoms with van der Waals surface area (Å²) in [5, 5.41) is 6.18. The Labute approximate surface area is 74.8 Å². The zero-order chi connectivity index (χ0) is 9.14. The summed E-state index contributed by atoms with van der Waals surface area (Å²) in [5.41, 5.74) is 2.57. The van der Waals surface area contributed by atoms with Crippen LogP contribution >= 0.6 is 12.2 Å². The SMILES string of the molecule is CC(C)C(=O)Nn1cn[nH]c1=S. The lowest BCUT2D eigenvalue weighted by Crippen LogP contribution is -2.26. The fraction of sp³-hybridized carbons (Fsp3) is 0.500. The van der Waals surface area contributed by atoms with Gasteiger partial charge >= 0.3 is 0 Å². The summed E-state index contributed by atoms with van der Waals surface area (Å²) < 4.78 is 1.75. The molecule has 0 aliphatic heterocycles. The Morgan fingerprint density at radius 1 is 1.83 bits per heavy atom. The number of aromatic amines is 1. The average Bonchev–Trinajstić information content (AvgIpc) is 2.36. The van der Waals surface area contributed by atoms with Gasteiger partial charge in [-0.15, -0.1) is 0 Å². The molecule has 6 heteroatoms. The van der Waals surface area contributed by atoms with Gasteiger partial charge in [0.1, 0.15) is 6.33 Å². The summed E-state index contributed by atoms with van der Waals surface area (Å²) in [6.07, 6.45) is 1.42. The highest BCUT2D eigenvalue weighted by atomic mass is 32.1. The molecule has 66 valence electrons. The molecule has 1 rings (SSSR count). The molecule has 0 bridgehead atoms. The number of carbonyl (C=O) groups excluding carboxylic acids is 1. The number of rotatable bonds is 2. The molecule has 0 unspecified atom stereocenters. The fourth-order valence-electron chi connectivity index (χ4n) is 0.576. The second-order valence-electron chi connectivity index (χ2n) is 2.66. The van der Waals surface area contributed by atoms with Crippen molar-refractivity contribution in [2.75, 3.05) is 5.43 Å². The van der Waals surface area contributed by atoms with Gasteiger partial charge in [0.05, 0.1) is 0 Å². The zero-order valence-electron chi connectivity index (χ0n) is 6.87. The van der Waals surface area contributed by atoms with Crippen LogP contribution in [0.1, 0.15) is 13.8 Å². The van der Waals surface area contributed by atoms with Crippen molar-refractivity contribution in [1.82, 2.24) is 14.9 Å². The minimum atomic E-state index is -0.0903. The molecule has 1 heterocycles. The van der Waals surface area contributed by atoms with Crippen LogP contribution in [0.4, 0.5) is 0 Å². The molecule has 5 nitrogen and oxygen atoms in total. The van der Waals surface area contributed by atoms with Gasteiger partial charge in [0, 0.05) is 5.92 Å². The number of hydrogen-bond acceptors (Lipinski definition) is 3. The number of nitrogens with one attached hydrogen (secondary N) is 2. The molecular weight excluding hydrogens is 176 g/mol. The Hall–Kier alpha value is -1.17. The molecule has 0 atom stereocenters. The van der Waals surface area contributed by atoms with Crippen LogP contribution in [0.3, 0.4) is 0 Å². The Morgan fingerprint density at radius 2 is 2.50 bits per heavy atom. The third kappa shape index (κ3) is 1.91. The van der Waals surface area contributed by atoms with Gasteiger partial charge in [-0.25, -0.2) is 4.68 Å². The highest BCUT2D eigenvalue weighted by Crippen LogP contribution is 1.92. The maximum Gasteiger partial charge on any atom is 0.241 e. The average molecular weight is 186 g/mol. The Kier molecular flexibility index (Phi) is 2.59. The predicted molar refractivity (Wildman–Crippen MR) is 46.6 cm³/mol. The van der Waals surface area contributed by atoms with Crippen LogP contribution in [0.5, 0.6) is 0 Å². The molecule has 0 saturated heterocycles. The molecule has 1 amide bonds. The van der Waals surface area contributed by atoms with Crippen LogP contribution < -0.4 is 5.43 Å². The minimum Gasteiger partial charge on any atom is -0.273 e. The largest absolute Gasteiger partial charge is 0.273 e. The van der Waals surface area contributed by atoms with Crippen molar-refractivity contribution in [1.29, 1.82) is 0 Å². The second kappa shape index (κ2) is 3.48. The molecule has 0 saturated carbocycles.